The van der Waals surface area contributed by atoms with Crippen molar-refractivity contribution in [3.63, 3.8) is 0 Å². The monoisotopic (exact) mass is 351 g/mol. The van der Waals surface area contributed by atoms with E-state index in [0.29, 0.717) is 24.4 Å². The average molecular weight is 352 g/mol. The molecule has 0 radical (unpaired) electrons. The summed E-state index contributed by atoms with van der Waals surface area (Å²) in [6, 6.07) is 6.85. The Morgan fingerprint density at radius 2 is 2.12 bits per heavy atom. The second-order valence-corrected chi connectivity index (χ2v) is 6.15. The predicted octanol–water partition coefficient (Wildman–Crippen LogP) is 1.50. The van der Waals surface area contributed by atoms with Gasteiger partial charge in [0.15, 0.2) is 0 Å². The van der Waals surface area contributed by atoms with E-state index in [1.54, 1.807) is 17.0 Å². The van der Waals surface area contributed by atoms with Gasteiger partial charge in [-0.15, -0.1) is 0 Å². The summed E-state index contributed by atoms with van der Waals surface area (Å²) < 4.78 is 0. The summed E-state index contributed by atoms with van der Waals surface area (Å²) in [6.07, 6.45) is 0.773. The average Bonchev–Trinajstić information content (AvgIpc) is 2.58. The Bertz CT molecular complexity index is 635. The molecule has 7 heteroatoms. The Labute approximate surface area is 146 Å². The number of hydrogen-bond acceptors (Lipinski definition) is 3. The molecule has 24 heavy (non-hydrogen) atoms. The molecule has 130 valence electrons. The van der Waals surface area contributed by atoms with E-state index in [9.17, 15) is 14.4 Å². The largest absolute Gasteiger partial charge is 0.358 e. The molecule has 1 saturated heterocycles. The lowest BCUT2D eigenvalue weighted by atomic mass is 9.83. The van der Waals surface area contributed by atoms with Crippen molar-refractivity contribution in [3.8, 4) is 0 Å². The van der Waals surface area contributed by atoms with E-state index in [2.05, 4.69) is 10.6 Å². The van der Waals surface area contributed by atoms with Crippen LogP contribution in [0.25, 0.3) is 0 Å². The third kappa shape index (κ3) is 4.06. The zero-order valence-corrected chi connectivity index (χ0v) is 14.6. The normalized spacial score (nSPS) is 20.6. The number of carbonyl (C=O) groups excluding carboxylic acids is 3. The summed E-state index contributed by atoms with van der Waals surface area (Å²) in [6.45, 7) is 2.32. The Balaban J connectivity index is 2.28. The lowest BCUT2D eigenvalue weighted by Crippen LogP contribution is -2.49. The molecule has 0 unspecified atom stereocenters. The zero-order valence-electron chi connectivity index (χ0n) is 13.8. The fraction of sp³-hybridized carbons (Fsp3) is 0.471. The second-order valence-electron chi connectivity index (χ2n) is 5.72. The summed E-state index contributed by atoms with van der Waals surface area (Å²) >= 11 is 6.08. The van der Waals surface area contributed by atoms with Gasteiger partial charge in [-0.25, -0.2) is 0 Å². The molecule has 0 aliphatic carbocycles. The summed E-state index contributed by atoms with van der Waals surface area (Å²) in [4.78, 5) is 37.9. The number of benzene rings is 1. The molecule has 6 nitrogen and oxygen atoms in total. The van der Waals surface area contributed by atoms with E-state index >= 15 is 0 Å². The van der Waals surface area contributed by atoms with Gasteiger partial charge in [0.05, 0.1) is 18.5 Å². The molecule has 1 heterocycles. The molecule has 2 N–H and O–H groups in total. The number of nitrogens with one attached hydrogen (secondary N) is 2. The molecule has 0 spiro atoms. The minimum atomic E-state index is -0.411. The number of nitrogens with zero attached hydrogens (tertiary/aromatic N) is 1. The lowest BCUT2D eigenvalue weighted by Gasteiger charge is -2.40. The van der Waals surface area contributed by atoms with E-state index in [-0.39, 0.29) is 30.3 Å². The summed E-state index contributed by atoms with van der Waals surface area (Å²) in [5.41, 5.74) is 0.831. The number of likely N-dealkylation sites (tertiary alicyclic amines) is 1. The maximum Gasteiger partial charge on any atom is 0.239 e. The third-order valence-electron chi connectivity index (χ3n) is 4.28. The topological polar surface area (TPSA) is 78.5 Å². The summed E-state index contributed by atoms with van der Waals surface area (Å²) in [5.74, 6) is -0.875. The first-order chi connectivity index (χ1) is 11.5. The maximum atomic E-state index is 12.6. The minimum Gasteiger partial charge on any atom is -0.358 e. The number of likely N-dealkylation sites (N-methyl/N-ethyl adjacent to an activating group) is 1. The molecule has 0 aromatic heterocycles. The number of hydrogen-bond donors (Lipinski definition) is 2. The number of rotatable bonds is 5. The van der Waals surface area contributed by atoms with Crippen LogP contribution in [0.5, 0.6) is 0 Å². The van der Waals surface area contributed by atoms with E-state index in [0.717, 1.165) is 5.56 Å². The van der Waals surface area contributed by atoms with Crippen LogP contribution in [0, 0.1) is 5.92 Å². The SMILES string of the molecule is CCN1C(=O)CC[C@@H](C(=O)NCC(=O)NC)[C@@H]1c1cccc(Cl)c1. The fourth-order valence-corrected chi connectivity index (χ4v) is 3.29. The van der Waals surface area contributed by atoms with Crippen LogP contribution in [-0.4, -0.2) is 42.8 Å². The van der Waals surface area contributed by atoms with Crippen molar-refractivity contribution in [2.24, 2.45) is 5.92 Å². The molecule has 0 bridgehead atoms. The molecular weight excluding hydrogens is 330 g/mol. The van der Waals surface area contributed by atoms with Crippen LogP contribution in [-0.2, 0) is 14.4 Å². The number of halogens is 1. The molecule has 0 saturated carbocycles. The Morgan fingerprint density at radius 3 is 2.75 bits per heavy atom. The van der Waals surface area contributed by atoms with Gasteiger partial charge in [-0.05, 0) is 31.0 Å². The first-order valence-electron chi connectivity index (χ1n) is 8.01. The van der Waals surface area contributed by atoms with Crippen molar-refractivity contribution >= 4 is 29.3 Å². The molecule has 2 atom stereocenters. The summed E-state index contributed by atoms with van der Waals surface area (Å²) in [7, 11) is 1.52. The van der Waals surface area contributed by atoms with Crippen LogP contribution in [0.4, 0.5) is 0 Å². The maximum absolute atomic E-state index is 12.6. The van der Waals surface area contributed by atoms with Gasteiger partial charge in [0.1, 0.15) is 0 Å². The number of piperidine rings is 1. The van der Waals surface area contributed by atoms with Crippen LogP contribution in [0.1, 0.15) is 31.4 Å². The molecule has 1 fully saturated rings. The lowest BCUT2D eigenvalue weighted by molar-refractivity contribution is -0.143. The van der Waals surface area contributed by atoms with Gasteiger partial charge in [-0.2, -0.15) is 0 Å². The van der Waals surface area contributed by atoms with Crippen molar-refractivity contribution in [2.75, 3.05) is 20.1 Å². The van der Waals surface area contributed by atoms with Crippen molar-refractivity contribution in [1.82, 2.24) is 15.5 Å². The molecule has 1 aliphatic rings. The molecule has 1 aliphatic heterocycles. The van der Waals surface area contributed by atoms with E-state index in [1.807, 2.05) is 19.1 Å². The molecule has 3 amide bonds. The van der Waals surface area contributed by atoms with Crippen LogP contribution < -0.4 is 10.6 Å². The number of amides is 3. The van der Waals surface area contributed by atoms with Crippen molar-refractivity contribution in [2.45, 2.75) is 25.8 Å². The van der Waals surface area contributed by atoms with Gasteiger partial charge in [-0.3, -0.25) is 14.4 Å². The van der Waals surface area contributed by atoms with Gasteiger partial charge in [0, 0.05) is 25.0 Å². The highest BCUT2D eigenvalue weighted by atomic mass is 35.5. The fourth-order valence-electron chi connectivity index (χ4n) is 3.09. The Morgan fingerprint density at radius 1 is 1.38 bits per heavy atom. The zero-order chi connectivity index (χ0) is 17.7. The highest BCUT2D eigenvalue weighted by molar-refractivity contribution is 6.30. The first kappa shape index (κ1) is 18.3. The highest BCUT2D eigenvalue weighted by Crippen LogP contribution is 2.37. The minimum absolute atomic E-state index is 0.0258. The molecular formula is C17H22ClN3O3. The summed E-state index contributed by atoms with van der Waals surface area (Å²) in [5, 5.41) is 5.68. The molecule has 1 aromatic rings. The highest BCUT2D eigenvalue weighted by Gasteiger charge is 2.39. The Hall–Kier alpha value is -2.08. The van der Waals surface area contributed by atoms with Crippen LogP contribution in [0.15, 0.2) is 24.3 Å². The van der Waals surface area contributed by atoms with Gasteiger partial charge in [-0.1, -0.05) is 23.7 Å². The quantitative estimate of drug-likeness (QED) is 0.843. The van der Waals surface area contributed by atoms with Gasteiger partial charge in [0.2, 0.25) is 17.7 Å². The van der Waals surface area contributed by atoms with Gasteiger partial charge < -0.3 is 15.5 Å². The van der Waals surface area contributed by atoms with E-state index in [4.69, 9.17) is 11.6 Å². The first-order valence-corrected chi connectivity index (χ1v) is 8.39. The van der Waals surface area contributed by atoms with Gasteiger partial charge >= 0.3 is 0 Å². The second kappa shape index (κ2) is 8.15. The number of carbonyl (C=O) groups is 3. The standard InChI is InChI=1S/C17H22ClN3O3/c1-3-21-15(23)8-7-13(17(24)20-10-14(22)19-2)16(21)11-5-4-6-12(18)9-11/h4-6,9,13,16H,3,7-8,10H2,1-2H3,(H,19,22)(H,20,24)/t13-,16+/m1/s1. The van der Waals surface area contributed by atoms with Crippen LogP contribution >= 0.6 is 11.6 Å². The van der Waals surface area contributed by atoms with Crippen molar-refractivity contribution in [3.05, 3.63) is 34.9 Å². The Kier molecular flexibility index (Phi) is 6.20. The smallest absolute Gasteiger partial charge is 0.239 e. The van der Waals surface area contributed by atoms with Crippen LogP contribution in [0.2, 0.25) is 5.02 Å². The van der Waals surface area contributed by atoms with Crippen molar-refractivity contribution < 1.29 is 14.4 Å². The predicted molar refractivity (Wildman–Crippen MR) is 91.4 cm³/mol. The van der Waals surface area contributed by atoms with Crippen molar-refractivity contribution in [1.29, 1.82) is 0 Å². The molecule has 2 rings (SSSR count). The van der Waals surface area contributed by atoms with E-state index < -0.39 is 5.92 Å². The van der Waals surface area contributed by atoms with E-state index in [1.165, 1.54) is 7.05 Å². The third-order valence-corrected chi connectivity index (χ3v) is 4.51. The van der Waals surface area contributed by atoms with Gasteiger partial charge in [0.25, 0.3) is 0 Å². The van der Waals surface area contributed by atoms with Crippen LogP contribution in [0.3, 0.4) is 0 Å². The molecule has 1 aromatic carbocycles.